The molecule has 0 aromatic carbocycles. The van der Waals surface area contributed by atoms with Crippen LogP contribution < -0.4 is 0 Å². The second-order valence-electron chi connectivity index (χ2n) is 5.41. The van der Waals surface area contributed by atoms with Crippen LogP contribution in [-0.4, -0.2) is 42.1 Å². The first-order valence-electron chi connectivity index (χ1n) is 6.70. The molecule has 0 bridgehead atoms. The summed E-state index contributed by atoms with van der Waals surface area (Å²) < 4.78 is 0. The third-order valence-electron chi connectivity index (χ3n) is 3.99. The molecular formula is C16H26N2. The third kappa shape index (κ3) is 3.25. The van der Waals surface area contributed by atoms with Crippen LogP contribution in [0.3, 0.4) is 0 Å². The van der Waals surface area contributed by atoms with Gasteiger partial charge in [-0.25, -0.2) is 0 Å². The van der Waals surface area contributed by atoms with Gasteiger partial charge in [-0.05, 0) is 59.1 Å². The minimum atomic E-state index is 0.0377. The number of hydrogen-bond acceptors (Lipinski definition) is 2. The molecule has 0 heterocycles. The highest BCUT2D eigenvalue weighted by atomic mass is 15.4. The van der Waals surface area contributed by atoms with E-state index in [2.05, 4.69) is 75.6 Å². The van der Waals surface area contributed by atoms with Crippen LogP contribution in [-0.2, 0) is 0 Å². The monoisotopic (exact) mass is 246 g/mol. The molecule has 18 heavy (non-hydrogen) atoms. The lowest BCUT2D eigenvalue weighted by Gasteiger charge is -2.46. The molecule has 0 aliphatic heterocycles. The Kier molecular flexibility index (Phi) is 5.19. The molecule has 1 aliphatic rings. The Hall–Kier alpha value is -1.04. The number of hydrogen-bond donors (Lipinski definition) is 0. The zero-order valence-corrected chi connectivity index (χ0v) is 12.6. The molecule has 0 fully saturated rings. The number of rotatable bonds is 5. The highest BCUT2D eigenvalue weighted by Crippen LogP contribution is 2.24. The quantitative estimate of drug-likeness (QED) is 0.543. The maximum Gasteiger partial charge on any atom is 0.0679 e. The van der Waals surface area contributed by atoms with E-state index in [1.807, 2.05) is 6.08 Å². The molecule has 1 aliphatic carbocycles. The van der Waals surface area contributed by atoms with Gasteiger partial charge in [0.05, 0.1) is 5.66 Å². The molecular weight excluding hydrogens is 220 g/mol. The summed E-state index contributed by atoms with van der Waals surface area (Å²) in [7, 11) is 4.27. The fourth-order valence-electron chi connectivity index (χ4n) is 2.37. The Bertz CT molecular complexity index is 391. The van der Waals surface area contributed by atoms with Gasteiger partial charge in [0.1, 0.15) is 0 Å². The average molecular weight is 246 g/mol. The summed E-state index contributed by atoms with van der Waals surface area (Å²) in [6.45, 7) is 10.1. The third-order valence-corrected chi connectivity index (χ3v) is 3.99. The SMILES string of the molecule is CCN(C(C)C1=CCC#CC=C1)C(C)(C)N(C)C. The predicted molar refractivity (Wildman–Crippen MR) is 79.2 cm³/mol. The minimum absolute atomic E-state index is 0.0377. The van der Waals surface area contributed by atoms with Gasteiger partial charge in [0.2, 0.25) is 0 Å². The zero-order valence-electron chi connectivity index (χ0n) is 12.6. The lowest BCUT2D eigenvalue weighted by molar-refractivity contribution is -0.0132. The van der Waals surface area contributed by atoms with E-state index in [0.717, 1.165) is 13.0 Å². The first kappa shape index (κ1) is 15.0. The van der Waals surface area contributed by atoms with E-state index in [4.69, 9.17) is 0 Å². The van der Waals surface area contributed by atoms with Crippen LogP contribution in [0.1, 0.15) is 34.1 Å². The predicted octanol–water partition coefficient (Wildman–Crippen LogP) is 2.88. The molecule has 0 N–H and O–H groups in total. The fourth-order valence-corrected chi connectivity index (χ4v) is 2.37. The Morgan fingerprint density at radius 2 is 2.06 bits per heavy atom. The highest BCUT2D eigenvalue weighted by Gasteiger charge is 2.32. The standard InChI is InChI=1S/C16H26N2/c1-7-18(16(3,4)17(5)6)14(2)15-12-10-8-9-11-13-15/h10,12-14H,7,11H2,1-6H3. The van der Waals surface area contributed by atoms with Crippen molar-refractivity contribution in [2.24, 2.45) is 0 Å². The lowest BCUT2D eigenvalue weighted by Crippen LogP contribution is -2.57. The Balaban J connectivity index is 2.92. The van der Waals surface area contributed by atoms with Crippen LogP contribution in [0.4, 0.5) is 0 Å². The smallest absolute Gasteiger partial charge is 0.0679 e. The van der Waals surface area contributed by atoms with Crippen LogP contribution in [0, 0.1) is 11.8 Å². The van der Waals surface area contributed by atoms with Crippen molar-refractivity contribution < 1.29 is 0 Å². The van der Waals surface area contributed by atoms with Crippen LogP contribution in [0.5, 0.6) is 0 Å². The molecule has 0 radical (unpaired) electrons. The molecule has 0 spiro atoms. The highest BCUT2D eigenvalue weighted by molar-refractivity contribution is 5.34. The molecule has 1 unspecified atom stereocenters. The summed E-state index contributed by atoms with van der Waals surface area (Å²) in [5, 5.41) is 0. The zero-order chi connectivity index (χ0) is 13.8. The molecule has 100 valence electrons. The van der Waals surface area contributed by atoms with E-state index < -0.39 is 0 Å². The van der Waals surface area contributed by atoms with Crippen molar-refractivity contribution >= 4 is 0 Å². The van der Waals surface area contributed by atoms with Crippen LogP contribution in [0.2, 0.25) is 0 Å². The van der Waals surface area contributed by atoms with E-state index in [9.17, 15) is 0 Å². The van der Waals surface area contributed by atoms with Crippen molar-refractivity contribution in [3.63, 3.8) is 0 Å². The summed E-state index contributed by atoms with van der Waals surface area (Å²) in [4.78, 5) is 4.78. The molecule has 0 amide bonds. The molecule has 0 aromatic heterocycles. The summed E-state index contributed by atoms with van der Waals surface area (Å²) in [6, 6.07) is 0.394. The van der Waals surface area contributed by atoms with Crippen LogP contribution >= 0.6 is 0 Å². The Labute approximate surface area is 112 Å². The normalized spacial score (nSPS) is 17.2. The molecule has 1 atom stereocenters. The largest absolute Gasteiger partial charge is 0.292 e. The van der Waals surface area contributed by atoms with Gasteiger partial charge in [0.15, 0.2) is 0 Å². The van der Waals surface area contributed by atoms with E-state index in [-0.39, 0.29) is 5.66 Å². The van der Waals surface area contributed by atoms with E-state index in [1.54, 1.807) is 0 Å². The molecule has 2 heteroatoms. The molecule has 0 aromatic rings. The van der Waals surface area contributed by atoms with Gasteiger partial charge >= 0.3 is 0 Å². The van der Waals surface area contributed by atoms with Gasteiger partial charge in [0, 0.05) is 12.5 Å². The molecule has 0 saturated carbocycles. The van der Waals surface area contributed by atoms with Gasteiger partial charge < -0.3 is 0 Å². The van der Waals surface area contributed by atoms with E-state index in [0.29, 0.717) is 6.04 Å². The lowest BCUT2D eigenvalue weighted by atomic mass is 10.0. The number of likely N-dealkylation sites (N-methyl/N-ethyl adjacent to an activating group) is 1. The van der Waals surface area contributed by atoms with Crippen molar-refractivity contribution in [3.05, 3.63) is 23.8 Å². The van der Waals surface area contributed by atoms with Gasteiger partial charge in [-0.3, -0.25) is 9.80 Å². The van der Waals surface area contributed by atoms with Crippen molar-refractivity contribution in [1.29, 1.82) is 0 Å². The van der Waals surface area contributed by atoms with Crippen molar-refractivity contribution in [3.8, 4) is 11.8 Å². The topological polar surface area (TPSA) is 6.48 Å². The van der Waals surface area contributed by atoms with Gasteiger partial charge in [-0.2, -0.15) is 0 Å². The second-order valence-corrected chi connectivity index (χ2v) is 5.41. The first-order valence-corrected chi connectivity index (χ1v) is 6.70. The Morgan fingerprint density at radius 3 is 2.61 bits per heavy atom. The maximum atomic E-state index is 3.11. The van der Waals surface area contributed by atoms with Crippen molar-refractivity contribution in [1.82, 2.24) is 9.80 Å². The van der Waals surface area contributed by atoms with E-state index >= 15 is 0 Å². The van der Waals surface area contributed by atoms with Crippen LogP contribution in [0.15, 0.2) is 23.8 Å². The number of allylic oxidation sites excluding steroid dienone is 2. The van der Waals surface area contributed by atoms with Gasteiger partial charge in [-0.1, -0.05) is 24.8 Å². The first-order chi connectivity index (χ1) is 8.41. The molecule has 1 rings (SSSR count). The van der Waals surface area contributed by atoms with Gasteiger partial charge in [0.25, 0.3) is 0 Å². The summed E-state index contributed by atoms with van der Waals surface area (Å²) in [6.07, 6.45) is 7.22. The molecule has 0 saturated heterocycles. The fraction of sp³-hybridized carbons (Fsp3) is 0.625. The van der Waals surface area contributed by atoms with Crippen LogP contribution in [0.25, 0.3) is 0 Å². The van der Waals surface area contributed by atoms with E-state index in [1.165, 1.54) is 5.57 Å². The summed E-state index contributed by atoms with van der Waals surface area (Å²) in [5.41, 5.74) is 1.39. The number of nitrogens with zero attached hydrogens (tertiary/aromatic N) is 2. The minimum Gasteiger partial charge on any atom is -0.292 e. The van der Waals surface area contributed by atoms with Crippen molar-refractivity contribution in [2.45, 2.75) is 45.8 Å². The second kappa shape index (κ2) is 6.22. The molecule has 2 nitrogen and oxygen atoms in total. The summed E-state index contributed by atoms with van der Waals surface area (Å²) >= 11 is 0. The van der Waals surface area contributed by atoms with Crippen molar-refractivity contribution in [2.75, 3.05) is 20.6 Å². The summed E-state index contributed by atoms with van der Waals surface area (Å²) in [5.74, 6) is 6.15. The van der Waals surface area contributed by atoms with Gasteiger partial charge in [-0.15, -0.1) is 0 Å². The average Bonchev–Trinajstić information content (AvgIpc) is 2.57. The maximum absolute atomic E-state index is 3.11. The Morgan fingerprint density at radius 1 is 1.39 bits per heavy atom.